The van der Waals surface area contributed by atoms with Gasteiger partial charge < -0.3 is 19.6 Å². The third-order valence-electron chi connectivity index (χ3n) is 4.01. The zero-order valence-electron chi connectivity index (χ0n) is 11.5. The quantitative estimate of drug-likeness (QED) is 0.850. The van der Waals surface area contributed by atoms with E-state index in [0.29, 0.717) is 37.0 Å². The number of aliphatic hydroxyl groups is 2. The lowest BCUT2D eigenvalue weighted by molar-refractivity contribution is 0.0170. The fraction of sp³-hybridized carbons (Fsp3) is 0.500. The van der Waals surface area contributed by atoms with Crippen molar-refractivity contribution in [3.05, 3.63) is 24.1 Å². The van der Waals surface area contributed by atoms with Gasteiger partial charge in [0, 0.05) is 19.3 Å². The van der Waals surface area contributed by atoms with E-state index in [1.54, 1.807) is 23.2 Å². The highest BCUT2D eigenvalue weighted by atomic mass is 16.5. The molecule has 2 N–H and O–H groups in total. The van der Waals surface area contributed by atoms with Crippen molar-refractivity contribution >= 4 is 16.9 Å². The Labute approximate surface area is 121 Å². The Hall–Kier alpha value is -1.99. The van der Waals surface area contributed by atoms with Crippen LogP contribution in [-0.4, -0.2) is 57.0 Å². The molecular formula is C14H17N3O4. The van der Waals surface area contributed by atoms with E-state index in [0.717, 1.165) is 0 Å². The molecule has 112 valence electrons. The number of piperidine rings is 1. The first-order chi connectivity index (χ1) is 10.2. The molecule has 21 heavy (non-hydrogen) atoms. The molecule has 0 saturated carbocycles. The molecule has 1 saturated heterocycles. The summed E-state index contributed by atoms with van der Waals surface area (Å²) < 4.78 is 5.13. The molecule has 2 aromatic heterocycles. The van der Waals surface area contributed by atoms with Crippen molar-refractivity contribution < 1.29 is 19.5 Å². The second-order valence-electron chi connectivity index (χ2n) is 5.27. The Balaban J connectivity index is 1.72. The average Bonchev–Trinajstić information content (AvgIpc) is 2.97. The van der Waals surface area contributed by atoms with Crippen LogP contribution in [0.2, 0.25) is 0 Å². The summed E-state index contributed by atoms with van der Waals surface area (Å²) in [5.74, 6) is 0.0360. The second-order valence-corrected chi connectivity index (χ2v) is 5.27. The molecule has 7 nitrogen and oxygen atoms in total. The lowest BCUT2D eigenvalue weighted by Crippen LogP contribution is -2.41. The number of likely N-dealkylation sites (tertiary alicyclic amines) is 1. The summed E-state index contributed by atoms with van der Waals surface area (Å²) >= 11 is 0. The monoisotopic (exact) mass is 291 g/mol. The molecule has 1 atom stereocenters. The minimum absolute atomic E-state index is 0.0344. The number of rotatable bonds is 3. The molecule has 1 fully saturated rings. The summed E-state index contributed by atoms with van der Waals surface area (Å²) in [6.45, 7) is 0.822. The molecule has 1 aliphatic heterocycles. The van der Waals surface area contributed by atoms with Crippen molar-refractivity contribution in [2.24, 2.45) is 5.92 Å². The van der Waals surface area contributed by atoms with E-state index in [1.807, 2.05) is 0 Å². The predicted octanol–water partition coefficient (Wildman–Crippen LogP) is 0.428. The predicted molar refractivity (Wildman–Crippen MR) is 73.5 cm³/mol. The molecule has 0 aromatic carbocycles. The van der Waals surface area contributed by atoms with Gasteiger partial charge in [-0.1, -0.05) is 5.16 Å². The van der Waals surface area contributed by atoms with Crippen LogP contribution in [0, 0.1) is 5.92 Å². The van der Waals surface area contributed by atoms with Crippen molar-refractivity contribution in [2.45, 2.75) is 18.9 Å². The fourth-order valence-electron chi connectivity index (χ4n) is 2.72. The van der Waals surface area contributed by atoms with E-state index in [-0.39, 0.29) is 24.2 Å². The smallest absolute Gasteiger partial charge is 0.293 e. The van der Waals surface area contributed by atoms with E-state index in [2.05, 4.69) is 10.1 Å². The lowest BCUT2D eigenvalue weighted by Gasteiger charge is -2.33. The van der Waals surface area contributed by atoms with Crippen molar-refractivity contribution in [1.82, 2.24) is 15.0 Å². The number of carbonyl (C=O) groups is 1. The largest absolute Gasteiger partial charge is 0.394 e. The van der Waals surface area contributed by atoms with Gasteiger partial charge in [-0.25, -0.2) is 4.98 Å². The Bertz CT molecular complexity index is 634. The summed E-state index contributed by atoms with van der Waals surface area (Å²) in [5.41, 5.74) is 0.423. The number of nitrogens with zero attached hydrogens (tertiary/aromatic N) is 3. The summed E-state index contributed by atoms with van der Waals surface area (Å²) in [6, 6.07) is 3.49. The van der Waals surface area contributed by atoms with Gasteiger partial charge in [0.15, 0.2) is 0 Å². The maximum atomic E-state index is 12.5. The molecule has 0 radical (unpaired) electrons. The van der Waals surface area contributed by atoms with Crippen LogP contribution in [0.1, 0.15) is 23.4 Å². The van der Waals surface area contributed by atoms with Gasteiger partial charge in [-0.2, -0.15) is 0 Å². The van der Waals surface area contributed by atoms with Crippen molar-refractivity contribution in [3.63, 3.8) is 0 Å². The normalized spacial score (nSPS) is 18.1. The van der Waals surface area contributed by atoms with Gasteiger partial charge in [0.1, 0.15) is 0 Å². The molecule has 1 unspecified atom stereocenters. The standard InChI is InChI=1S/C14H17N3O4/c18-8-11(19)9-3-6-17(7-4-9)14(20)12-10-2-1-5-15-13(10)16-21-12/h1-2,5,9,11,18-19H,3-4,6-8H2. The van der Waals surface area contributed by atoms with E-state index in [1.165, 1.54) is 0 Å². The Morgan fingerprint density at radius 2 is 2.24 bits per heavy atom. The van der Waals surface area contributed by atoms with Crippen molar-refractivity contribution in [1.29, 1.82) is 0 Å². The van der Waals surface area contributed by atoms with Gasteiger partial charge in [0.25, 0.3) is 5.91 Å². The molecule has 3 heterocycles. The van der Waals surface area contributed by atoms with Gasteiger partial charge >= 0.3 is 0 Å². The Morgan fingerprint density at radius 3 is 2.95 bits per heavy atom. The molecular weight excluding hydrogens is 274 g/mol. The molecule has 7 heteroatoms. The molecule has 0 bridgehead atoms. The number of amides is 1. The van der Waals surface area contributed by atoms with Crippen LogP contribution in [0.25, 0.3) is 11.0 Å². The summed E-state index contributed by atoms with van der Waals surface area (Å²) in [4.78, 5) is 18.2. The van der Waals surface area contributed by atoms with E-state index < -0.39 is 6.10 Å². The van der Waals surface area contributed by atoms with Gasteiger partial charge in [-0.15, -0.1) is 0 Å². The fourth-order valence-corrected chi connectivity index (χ4v) is 2.72. The third kappa shape index (κ3) is 2.62. The molecule has 3 rings (SSSR count). The van der Waals surface area contributed by atoms with E-state index in [9.17, 15) is 9.90 Å². The van der Waals surface area contributed by atoms with Gasteiger partial charge in [-0.05, 0) is 30.9 Å². The first-order valence-corrected chi connectivity index (χ1v) is 6.99. The van der Waals surface area contributed by atoms with Gasteiger partial charge in [0.05, 0.1) is 18.1 Å². The summed E-state index contributed by atoms with van der Waals surface area (Å²) in [7, 11) is 0. The molecule has 1 amide bonds. The minimum Gasteiger partial charge on any atom is -0.394 e. The SMILES string of the molecule is O=C(c1onc2ncccc12)N1CCC(C(O)CO)CC1. The van der Waals surface area contributed by atoms with Crippen molar-refractivity contribution in [3.8, 4) is 0 Å². The minimum atomic E-state index is -0.711. The molecule has 0 spiro atoms. The van der Waals surface area contributed by atoms with E-state index >= 15 is 0 Å². The number of aliphatic hydroxyl groups excluding tert-OH is 2. The maximum Gasteiger partial charge on any atom is 0.293 e. The molecule has 2 aromatic rings. The van der Waals surface area contributed by atoms with Crippen LogP contribution in [0.5, 0.6) is 0 Å². The third-order valence-corrected chi connectivity index (χ3v) is 4.01. The summed E-state index contributed by atoms with van der Waals surface area (Å²) in [6.07, 6.45) is 2.22. The molecule has 0 aliphatic carbocycles. The highest BCUT2D eigenvalue weighted by Gasteiger charge is 2.30. The zero-order valence-corrected chi connectivity index (χ0v) is 11.5. The van der Waals surface area contributed by atoms with Gasteiger partial charge in [0.2, 0.25) is 11.4 Å². The van der Waals surface area contributed by atoms with Crippen LogP contribution < -0.4 is 0 Å². The second kappa shape index (κ2) is 5.79. The number of hydrogen-bond acceptors (Lipinski definition) is 6. The Kier molecular flexibility index (Phi) is 3.85. The Morgan fingerprint density at radius 1 is 1.48 bits per heavy atom. The number of aromatic nitrogens is 2. The number of carbonyl (C=O) groups excluding carboxylic acids is 1. The maximum absolute atomic E-state index is 12.5. The number of fused-ring (bicyclic) bond motifs is 1. The van der Waals surface area contributed by atoms with Crippen molar-refractivity contribution in [2.75, 3.05) is 19.7 Å². The molecule has 1 aliphatic rings. The number of hydrogen-bond donors (Lipinski definition) is 2. The van der Waals surface area contributed by atoms with Crippen LogP contribution >= 0.6 is 0 Å². The number of pyridine rings is 1. The van der Waals surface area contributed by atoms with Gasteiger partial charge in [-0.3, -0.25) is 4.79 Å². The summed E-state index contributed by atoms with van der Waals surface area (Å²) in [5, 5.41) is 23.0. The average molecular weight is 291 g/mol. The first kappa shape index (κ1) is 14.0. The van der Waals surface area contributed by atoms with Crippen LogP contribution in [-0.2, 0) is 0 Å². The van der Waals surface area contributed by atoms with E-state index in [4.69, 9.17) is 9.63 Å². The van der Waals surface area contributed by atoms with Crippen LogP contribution in [0.15, 0.2) is 22.9 Å². The van der Waals surface area contributed by atoms with Crippen LogP contribution in [0.4, 0.5) is 0 Å². The van der Waals surface area contributed by atoms with Crippen LogP contribution in [0.3, 0.4) is 0 Å². The highest BCUT2D eigenvalue weighted by molar-refractivity contribution is 6.02. The zero-order chi connectivity index (χ0) is 14.8. The first-order valence-electron chi connectivity index (χ1n) is 6.99. The lowest BCUT2D eigenvalue weighted by atomic mass is 9.91. The highest BCUT2D eigenvalue weighted by Crippen LogP contribution is 2.24. The topological polar surface area (TPSA) is 99.7 Å².